The zero-order valence-corrected chi connectivity index (χ0v) is 24.2. The van der Waals surface area contributed by atoms with Crippen molar-refractivity contribution >= 4 is 22.6 Å². The minimum absolute atomic E-state index is 0.0335. The lowest BCUT2D eigenvalue weighted by atomic mass is 9.41. The second-order valence-electron chi connectivity index (χ2n) is 14.9. The van der Waals surface area contributed by atoms with Crippen molar-refractivity contribution in [2.24, 2.45) is 55.7 Å². The largest absolute Gasteiger partial charge is 0.393 e. The van der Waals surface area contributed by atoms with Crippen molar-refractivity contribution in [3.63, 3.8) is 0 Å². The monoisotopic (exact) mass is 500 g/mol. The summed E-state index contributed by atoms with van der Waals surface area (Å²) in [7, 11) is 4.25. The first-order valence-electron chi connectivity index (χ1n) is 14.4. The van der Waals surface area contributed by atoms with E-state index in [1.807, 2.05) is 11.8 Å². The lowest BCUT2D eigenvalue weighted by Gasteiger charge is -2.63. The van der Waals surface area contributed by atoms with E-state index in [-0.39, 0.29) is 45.1 Å². The molecule has 1 heterocycles. The molecule has 0 bridgehead atoms. The maximum Gasteiger partial charge on any atom is 0.140 e. The van der Waals surface area contributed by atoms with Crippen LogP contribution in [0, 0.1) is 50.7 Å². The second-order valence-corrected chi connectivity index (χ2v) is 15.9. The lowest BCUT2D eigenvalue weighted by Crippen LogP contribution is -2.62. The molecule has 0 aromatic carbocycles. The Morgan fingerprint density at radius 3 is 2.40 bits per heavy atom. The van der Waals surface area contributed by atoms with Crippen molar-refractivity contribution in [2.75, 3.05) is 19.8 Å². The minimum atomic E-state index is -0.315. The van der Waals surface area contributed by atoms with Crippen molar-refractivity contribution < 1.29 is 9.90 Å². The summed E-state index contributed by atoms with van der Waals surface area (Å²) in [6, 6.07) is 0.703. The molecule has 1 N–H and O–H groups in total. The highest BCUT2D eigenvalue weighted by Gasteiger charge is 2.86. The molecule has 35 heavy (non-hydrogen) atoms. The van der Waals surface area contributed by atoms with Crippen LogP contribution in [0.4, 0.5) is 0 Å². The highest BCUT2D eigenvalue weighted by atomic mass is 32.2. The molecule has 196 valence electrons. The van der Waals surface area contributed by atoms with E-state index in [0.717, 1.165) is 25.7 Å². The molecular weight excluding hydrogens is 452 g/mol. The van der Waals surface area contributed by atoms with Gasteiger partial charge in [-0.25, -0.2) is 0 Å². The first-order valence-corrected chi connectivity index (χ1v) is 15.4. The quantitative estimate of drug-likeness (QED) is 0.542. The molecule has 6 rings (SSSR count). The van der Waals surface area contributed by atoms with E-state index >= 15 is 0 Å². The van der Waals surface area contributed by atoms with Crippen LogP contribution in [0.2, 0.25) is 0 Å². The van der Waals surface area contributed by atoms with E-state index in [1.54, 1.807) is 0 Å². The third-order valence-electron chi connectivity index (χ3n) is 13.3. The Labute approximate surface area is 217 Å². The zero-order valence-electron chi connectivity index (χ0n) is 23.4. The number of aliphatic hydroxyl groups is 1. The van der Waals surface area contributed by atoms with Crippen molar-refractivity contribution in [3.8, 4) is 0 Å². The molecule has 0 amide bonds. The van der Waals surface area contributed by atoms with Gasteiger partial charge in [0.1, 0.15) is 5.78 Å². The Morgan fingerprint density at radius 1 is 1.06 bits per heavy atom. The summed E-state index contributed by atoms with van der Waals surface area (Å²) < 4.78 is 0. The molecule has 0 unspecified atom stereocenters. The Morgan fingerprint density at radius 2 is 1.74 bits per heavy atom. The van der Waals surface area contributed by atoms with E-state index in [1.165, 1.54) is 23.6 Å². The van der Waals surface area contributed by atoms with E-state index in [4.69, 9.17) is 4.99 Å². The van der Waals surface area contributed by atoms with E-state index in [2.05, 4.69) is 60.5 Å². The number of ketones is 1. The van der Waals surface area contributed by atoms with Crippen molar-refractivity contribution in [1.82, 2.24) is 4.90 Å². The maximum atomic E-state index is 14.5. The first kappa shape index (κ1) is 24.9. The first-order chi connectivity index (χ1) is 16.3. The fourth-order valence-electron chi connectivity index (χ4n) is 11.3. The van der Waals surface area contributed by atoms with Gasteiger partial charge in [-0.15, -0.1) is 11.8 Å². The Hall–Kier alpha value is -0.390. The highest BCUT2D eigenvalue weighted by Crippen LogP contribution is 2.88. The minimum Gasteiger partial charge on any atom is -0.393 e. The summed E-state index contributed by atoms with van der Waals surface area (Å²) in [4.78, 5) is 22.0. The number of nitrogens with zero attached hydrogens (tertiary/aromatic N) is 2. The molecule has 2 spiro atoms. The van der Waals surface area contributed by atoms with Crippen LogP contribution in [0.25, 0.3) is 0 Å². The summed E-state index contributed by atoms with van der Waals surface area (Å²) in [5.74, 6) is 3.46. The topological polar surface area (TPSA) is 52.9 Å². The van der Waals surface area contributed by atoms with Gasteiger partial charge in [0.25, 0.3) is 0 Å². The molecule has 4 nitrogen and oxygen atoms in total. The van der Waals surface area contributed by atoms with Gasteiger partial charge in [-0.3, -0.25) is 9.79 Å². The van der Waals surface area contributed by atoms with Gasteiger partial charge < -0.3 is 10.0 Å². The summed E-state index contributed by atoms with van der Waals surface area (Å²) >= 11 is 2.00. The molecule has 1 aliphatic heterocycles. The fraction of sp³-hybridized carbons (Fsp3) is 0.933. The van der Waals surface area contributed by atoms with Crippen LogP contribution in [-0.4, -0.2) is 58.9 Å². The third-order valence-corrected chi connectivity index (χ3v) is 14.9. The predicted octanol–water partition coefficient (Wildman–Crippen LogP) is 5.68. The summed E-state index contributed by atoms with van der Waals surface area (Å²) in [5, 5.41) is 12.8. The van der Waals surface area contributed by atoms with Crippen LogP contribution in [0.1, 0.15) is 86.5 Å². The Bertz CT molecular complexity index is 979. The molecule has 0 saturated heterocycles. The highest BCUT2D eigenvalue weighted by molar-refractivity contribution is 8.14. The standard InChI is InChI=1S/C30H48N2O2S/c1-17(2)25-31-22-11-12-29-15-30(29)21(10-9-20(29)26(22,4)16-35-25)27(5)13-19(33)24(18(3)32(7)8)28(27,6)14-23(30)34/h17-22,24,33H,9-16H2,1-8H3/t18-,19+,20-,21-,22-,24-,26-,27-,28+,29+,30+/m0/s1. The van der Waals surface area contributed by atoms with Crippen LogP contribution in [0.3, 0.4) is 0 Å². The smallest absolute Gasteiger partial charge is 0.140 e. The second kappa shape index (κ2) is 7.38. The molecule has 6 aliphatic rings. The number of aliphatic imine (C=N–C) groups is 1. The molecule has 5 aliphatic carbocycles. The number of carbonyl (C=O) groups is 1. The summed E-state index contributed by atoms with van der Waals surface area (Å²) in [6.45, 7) is 14.2. The van der Waals surface area contributed by atoms with Crippen LogP contribution in [0.5, 0.6) is 0 Å². The van der Waals surface area contributed by atoms with Gasteiger partial charge >= 0.3 is 0 Å². The average Bonchev–Trinajstić information content (AvgIpc) is 3.41. The molecule has 0 radical (unpaired) electrons. The molecular formula is C30H48N2O2S. The molecule has 0 aromatic heterocycles. The molecule has 5 saturated carbocycles. The van der Waals surface area contributed by atoms with E-state index < -0.39 is 0 Å². The summed E-state index contributed by atoms with van der Waals surface area (Å²) in [5.41, 5.74) is 0.198. The molecule has 0 aromatic rings. The van der Waals surface area contributed by atoms with Gasteiger partial charge in [-0.2, -0.15) is 0 Å². The normalized spacial score (nSPS) is 55.5. The van der Waals surface area contributed by atoms with Gasteiger partial charge in [0.2, 0.25) is 0 Å². The van der Waals surface area contributed by atoms with Gasteiger partial charge in [0.05, 0.1) is 17.2 Å². The van der Waals surface area contributed by atoms with E-state index in [9.17, 15) is 9.90 Å². The van der Waals surface area contributed by atoms with Gasteiger partial charge in [0.15, 0.2) is 0 Å². The van der Waals surface area contributed by atoms with Crippen molar-refractivity contribution in [3.05, 3.63) is 0 Å². The van der Waals surface area contributed by atoms with Crippen LogP contribution < -0.4 is 0 Å². The molecule has 5 heteroatoms. The Balaban J connectivity index is 1.38. The molecule has 11 atom stereocenters. The average molecular weight is 501 g/mol. The third kappa shape index (κ3) is 2.74. The number of Topliss-reactive ketones (excluding diaryl/α,β-unsaturated/α-hetero) is 1. The van der Waals surface area contributed by atoms with Gasteiger partial charge in [-0.1, -0.05) is 34.6 Å². The van der Waals surface area contributed by atoms with Crippen molar-refractivity contribution in [2.45, 2.75) is 105 Å². The SMILES string of the molecule is CC(C)C1=N[C@H]2CC[C@]34C[C@@]35C(=O)C[C@]3(C)[C@@H]([C@H](C)N(C)C)[C@H](O)C[C@@]3(C)[C@@H]5CC[C@H]4[C@]2(C)CS1. The zero-order chi connectivity index (χ0) is 25.3. The van der Waals surface area contributed by atoms with Crippen LogP contribution in [0.15, 0.2) is 4.99 Å². The maximum absolute atomic E-state index is 14.5. The van der Waals surface area contributed by atoms with E-state index in [0.29, 0.717) is 36.0 Å². The van der Waals surface area contributed by atoms with Crippen molar-refractivity contribution in [1.29, 1.82) is 0 Å². The molecule has 5 fully saturated rings. The number of rotatable bonds is 3. The number of hydrogen-bond acceptors (Lipinski definition) is 5. The van der Waals surface area contributed by atoms with Crippen LogP contribution >= 0.6 is 11.8 Å². The number of thioether (sulfide) groups is 1. The number of hydrogen-bond donors (Lipinski definition) is 1. The number of fused-ring (bicyclic) bond motifs is 4. The number of aliphatic hydroxyl groups excluding tert-OH is 1. The lowest BCUT2D eigenvalue weighted by molar-refractivity contribution is -0.168. The summed E-state index contributed by atoms with van der Waals surface area (Å²) in [6.07, 6.45) is 7.09. The van der Waals surface area contributed by atoms with Crippen LogP contribution in [-0.2, 0) is 4.79 Å². The Kier molecular flexibility index (Phi) is 5.25. The number of carbonyl (C=O) groups excluding carboxylic acids is 1. The fourth-order valence-corrected chi connectivity index (χ4v) is 12.7. The predicted molar refractivity (Wildman–Crippen MR) is 145 cm³/mol. The van der Waals surface area contributed by atoms with Gasteiger partial charge in [0, 0.05) is 40.9 Å². The van der Waals surface area contributed by atoms with Gasteiger partial charge in [-0.05, 0) is 87.6 Å².